The maximum Gasteiger partial charge on any atom is 0.339 e. The molecule has 1 saturated heterocycles. The summed E-state index contributed by atoms with van der Waals surface area (Å²) in [6, 6.07) is 3.06. The Balaban J connectivity index is 2.04. The van der Waals surface area contributed by atoms with Gasteiger partial charge in [0.2, 0.25) is 5.75 Å². The third kappa shape index (κ3) is 1.88. The number of methoxy groups -OCH3 is 1. The Labute approximate surface area is 110 Å². The van der Waals surface area contributed by atoms with Gasteiger partial charge in [-0.25, -0.2) is 4.79 Å². The smallest absolute Gasteiger partial charge is 0.339 e. The molecule has 1 spiro atoms. The number of hydrogen-bond donors (Lipinski definition) is 2. The molecule has 1 fully saturated rings. The number of carbonyl (C=O) groups is 1. The number of rotatable bonds is 2. The number of hydrogen-bond acceptors (Lipinski definition) is 5. The van der Waals surface area contributed by atoms with Crippen molar-refractivity contribution in [3.05, 3.63) is 17.7 Å². The van der Waals surface area contributed by atoms with Crippen molar-refractivity contribution >= 4 is 5.97 Å². The van der Waals surface area contributed by atoms with Crippen molar-refractivity contribution in [2.75, 3.05) is 20.2 Å². The number of fused-ring (bicyclic) bond motifs is 1. The predicted octanol–water partition coefficient (Wildman–Crippen LogP) is 1.24. The lowest BCUT2D eigenvalue weighted by Gasteiger charge is -2.31. The van der Waals surface area contributed by atoms with Gasteiger partial charge in [0.15, 0.2) is 11.5 Å². The number of benzene rings is 1. The lowest BCUT2D eigenvalue weighted by atomic mass is 10.1. The first-order chi connectivity index (χ1) is 9.15. The van der Waals surface area contributed by atoms with Crippen molar-refractivity contribution in [3.63, 3.8) is 0 Å². The van der Waals surface area contributed by atoms with E-state index < -0.39 is 11.8 Å². The molecule has 0 bridgehead atoms. The lowest BCUT2D eigenvalue weighted by Crippen LogP contribution is -2.48. The van der Waals surface area contributed by atoms with Crippen LogP contribution in [0.3, 0.4) is 0 Å². The first kappa shape index (κ1) is 12.1. The molecule has 3 rings (SSSR count). The number of carboxylic acid groups (broad SMARTS) is 1. The summed E-state index contributed by atoms with van der Waals surface area (Å²) in [7, 11) is 1.52. The third-order valence-electron chi connectivity index (χ3n) is 3.47. The van der Waals surface area contributed by atoms with Crippen LogP contribution in [0, 0.1) is 0 Å². The average Bonchev–Trinajstić information content (AvgIpc) is 2.76. The quantitative estimate of drug-likeness (QED) is 0.838. The molecule has 2 aliphatic heterocycles. The van der Waals surface area contributed by atoms with Gasteiger partial charge in [0, 0.05) is 25.9 Å². The molecular weight excluding hydrogens is 250 g/mol. The van der Waals surface area contributed by atoms with Crippen LogP contribution in [0.2, 0.25) is 0 Å². The lowest BCUT2D eigenvalue weighted by molar-refractivity contribution is -0.101. The molecule has 1 aromatic carbocycles. The molecule has 0 radical (unpaired) electrons. The van der Waals surface area contributed by atoms with E-state index in [1.54, 1.807) is 6.07 Å². The minimum Gasteiger partial charge on any atom is -0.493 e. The number of ether oxygens (including phenoxy) is 3. The van der Waals surface area contributed by atoms with Crippen molar-refractivity contribution in [2.45, 2.75) is 18.6 Å². The molecule has 0 aromatic heterocycles. The second kappa shape index (κ2) is 4.31. The van der Waals surface area contributed by atoms with E-state index >= 15 is 0 Å². The number of nitrogens with one attached hydrogen (secondary N) is 1. The molecule has 0 amide bonds. The second-order valence-electron chi connectivity index (χ2n) is 4.64. The fourth-order valence-corrected chi connectivity index (χ4v) is 2.48. The minimum absolute atomic E-state index is 0.103. The number of aromatic carboxylic acids is 1. The highest BCUT2D eigenvalue weighted by atomic mass is 16.7. The Bertz CT molecular complexity index is 522. The number of piperidine rings is 1. The Morgan fingerprint density at radius 1 is 1.32 bits per heavy atom. The van der Waals surface area contributed by atoms with Crippen molar-refractivity contribution in [1.29, 1.82) is 0 Å². The molecule has 0 unspecified atom stereocenters. The van der Waals surface area contributed by atoms with E-state index in [9.17, 15) is 9.90 Å². The van der Waals surface area contributed by atoms with Gasteiger partial charge < -0.3 is 24.6 Å². The molecule has 1 aromatic rings. The average molecular weight is 265 g/mol. The standard InChI is InChI=1S/C13H15NO5/c1-17-9-3-2-8(12(15)16)10-11(9)19-13(18-10)4-6-14-7-5-13/h2-3,14H,4-7H2,1H3,(H,15,16). The second-order valence-corrected chi connectivity index (χ2v) is 4.64. The topological polar surface area (TPSA) is 77.0 Å². The molecule has 0 aliphatic carbocycles. The van der Waals surface area contributed by atoms with E-state index in [0.29, 0.717) is 24.3 Å². The van der Waals surface area contributed by atoms with Gasteiger partial charge >= 0.3 is 5.97 Å². The molecule has 6 heteroatoms. The minimum atomic E-state index is -1.03. The van der Waals surface area contributed by atoms with Gasteiger partial charge in [-0.15, -0.1) is 0 Å². The summed E-state index contributed by atoms with van der Waals surface area (Å²) in [5.74, 6) is -0.631. The van der Waals surface area contributed by atoms with E-state index in [0.717, 1.165) is 13.1 Å². The Morgan fingerprint density at radius 2 is 2.00 bits per heavy atom. The molecular formula is C13H15NO5. The van der Waals surface area contributed by atoms with Gasteiger partial charge in [0.05, 0.1) is 7.11 Å². The summed E-state index contributed by atoms with van der Waals surface area (Å²) in [5.41, 5.74) is 0.103. The molecule has 0 atom stereocenters. The van der Waals surface area contributed by atoms with Crippen LogP contribution in [0.25, 0.3) is 0 Å². The van der Waals surface area contributed by atoms with Crippen molar-refractivity contribution in [2.24, 2.45) is 0 Å². The molecule has 6 nitrogen and oxygen atoms in total. The fraction of sp³-hybridized carbons (Fsp3) is 0.462. The summed E-state index contributed by atoms with van der Waals surface area (Å²) < 4.78 is 17.0. The Morgan fingerprint density at radius 3 is 2.63 bits per heavy atom. The monoisotopic (exact) mass is 265 g/mol. The van der Waals surface area contributed by atoms with E-state index in [1.165, 1.54) is 13.2 Å². The zero-order valence-corrected chi connectivity index (χ0v) is 10.6. The van der Waals surface area contributed by atoms with Gasteiger partial charge in [-0.05, 0) is 12.1 Å². The summed E-state index contributed by atoms with van der Waals surface area (Å²) in [6.45, 7) is 1.55. The van der Waals surface area contributed by atoms with E-state index in [-0.39, 0.29) is 11.3 Å². The van der Waals surface area contributed by atoms with Crippen LogP contribution in [0.15, 0.2) is 12.1 Å². The molecule has 2 N–H and O–H groups in total. The van der Waals surface area contributed by atoms with Gasteiger partial charge in [-0.3, -0.25) is 0 Å². The van der Waals surface area contributed by atoms with Gasteiger partial charge in [0.1, 0.15) is 5.56 Å². The van der Waals surface area contributed by atoms with E-state index in [2.05, 4.69) is 5.32 Å². The first-order valence-electron chi connectivity index (χ1n) is 6.18. The molecule has 2 heterocycles. The molecule has 0 saturated carbocycles. The van der Waals surface area contributed by atoms with Crippen molar-refractivity contribution < 1.29 is 24.1 Å². The summed E-state index contributed by atoms with van der Waals surface area (Å²) >= 11 is 0. The SMILES string of the molecule is COc1ccc(C(=O)O)c2c1OC1(CCNCC1)O2. The zero-order chi connectivity index (χ0) is 13.5. The third-order valence-corrected chi connectivity index (χ3v) is 3.47. The van der Waals surface area contributed by atoms with Gasteiger partial charge in [-0.2, -0.15) is 0 Å². The van der Waals surface area contributed by atoms with Gasteiger partial charge in [-0.1, -0.05) is 0 Å². The zero-order valence-electron chi connectivity index (χ0n) is 10.6. The van der Waals surface area contributed by atoms with Crippen LogP contribution >= 0.6 is 0 Å². The van der Waals surface area contributed by atoms with Crippen LogP contribution in [-0.4, -0.2) is 37.1 Å². The van der Waals surface area contributed by atoms with Crippen LogP contribution in [0.1, 0.15) is 23.2 Å². The van der Waals surface area contributed by atoms with Crippen LogP contribution in [0.4, 0.5) is 0 Å². The molecule has 102 valence electrons. The molecule has 2 aliphatic rings. The fourth-order valence-electron chi connectivity index (χ4n) is 2.48. The van der Waals surface area contributed by atoms with Gasteiger partial charge in [0.25, 0.3) is 5.79 Å². The van der Waals surface area contributed by atoms with E-state index in [1.807, 2.05) is 0 Å². The van der Waals surface area contributed by atoms with Crippen LogP contribution in [-0.2, 0) is 0 Å². The maximum atomic E-state index is 11.2. The molecule has 19 heavy (non-hydrogen) atoms. The highest BCUT2D eigenvalue weighted by molar-refractivity contribution is 5.93. The Kier molecular flexibility index (Phi) is 2.74. The van der Waals surface area contributed by atoms with Crippen LogP contribution in [0.5, 0.6) is 17.2 Å². The summed E-state index contributed by atoms with van der Waals surface area (Å²) in [5, 5.41) is 12.4. The summed E-state index contributed by atoms with van der Waals surface area (Å²) in [6.07, 6.45) is 1.34. The maximum absolute atomic E-state index is 11.2. The highest BCUT2D eigenvalue weighted by Crippen LogP contribution is 2.50. The summed E-state index contributed by atoms with van der Waals surface area (Å²) in [4.78, 5) is 11.2. The van der Waals surface area contributed by atoms with Crippen LogP contribution < -0.4 is 19.5 Å². The normalized spacial score (nSPS) is 19.4. The van der Waals surface area contributed by atoms with Crippen molar-refractivity contribution in [1.82, 2.24) is 5.32 Å². The first-order valence-corrected chi connectivity index (χ1v) is 6.18. The van der Waals surface area contributed by atoms with E-state index in [4.69, 9.17) is 14.2 Å². The van der Waals surface area contributed by atoms with Crippen molar-refractivity contribution in [3.8, 4) is 17.2 Å². The largest absolute Gasteiger partial charge is 0.493 e. The number of carboxylic acids is 1. The predicted molar refractivity (Wildman–Crippen MR) is 66.0 cm³/mol. The highest BCUT2D eigenvalue weighted by Gasteiger charge is 2.45. The Hall–Kier alpha value is -1.95.